The Morgan fingerprint density at radius 3 is 2.79 bits per heavy atom. The molecule has 124 valence electrons. The van der Waals surface area contributed by atoms with Crippen molar-refractivity contribution in [2.45, 2.75) is 19.9 Å². The molecule has 0 fully saturated rings. The van der Waals surface area contributed by atoms with Crippen molar-refractivity contribution in [3.63, 3.8) is 0 Å². The van der Waals surface area contributed by atoms with E-state index in [-0.39, 0.29) is 18.6 Å². The first-order chi connectivity index (χ1) is 11.5. The molecule has 0 aliphatic rings. The molecule has 0 spiro atoms. The monoisotopic (exact) mass is 343 g/mol. The van der Waals surface area contributed by atoms with Gasteiger partial charge in [0.2, 0.25) is 0 Å². The summed E-state index contributed by atoms with van der Waals surface area (Å²) in [5.74, 6) is 1.12. The smallest absolute Gasteiger partial charge is 0.258 e. The van der Waals surface area contributed by atoms with E-state index in [4.69, 9.17) is 20.8 Å². The Morgan fingerprint density at radius 2 is 2.04 bits per heavy atom. The number of amides is 1. The Labute approximate surface area is 145 Å². The summed E-state index contributed by atoms with van der Waals surface area (Å²) in [6, 6.07) is 14.7. The number of rotatable bonds is 5. The van der Waals surface area contributed by atoms with E-state index in [0.717, 1.165) is 16.5 Å². The second kappa shape index (κ2) is 6.97. The number of hydrogen-bond acceptors (Lipinski definition) is 3. The Morgan fingerprint density at radius 1 is 1.25 bits per heavy atom. The van der Waals surface area contributed by atoms with E-state index in [1.807, 2.05) is 44.2 Å². The second-order valence-corrected chi connectivity index (χ2v) is 6.08. The zero-order valence-electron chi connectivity index (χ0n) is 13.5. The molecule has 0 aliphatic carbocycles. The predicted octanol–water partition coefficient (Wildman–Crippen LogP) is 4.65. The molecule has 0 aliphatic heterocycles. The first kappa shape index (κ1) is 16.4. The van der Waals surface area contributed by atoms with Crippen LogP contribution in [0.3, 0.4) is 0 Å². The Hall–Kier alpha value is -2.46. The SMILES string of the molecule is Cc1cc(OCC(=O)NC(C)c2cc3ccccc3o2)ccc1Cl. The molecule has 1 unspecified atom stereocenters. The number of halogens is 1. The third-order valence-electron chi connectivity index (χ3n) is 3.75. The van der Waals surface area contributed by atoms with E-state index in [2.05, 4.69) is 5.32 Å². The van der Waals surface area contributed by atoms with Crippen LogP contribution in [-0.4, -0.2) is 12.5 Å². The van der Waals surface area contributed by atoms with Crippen molar-refractivity contribution in [2.75, 3.05) is 6.61 Å². The maximum atomic E-state index is 12.1. The van der Waals surface area contributed by atoms with Gasteiger partial charge < -0.3 is 14.5 Å². The van der Waals surface area contributed by atoms with Crippen molar-refractivity contribution in [3.05, 3.63) is 64.9 Å². The lowest BCUT2D eigenvalue weighted by Gasteiger charge is -2.12. The Kier molecular flexibility index (Phi) is 4.76. The molecule has 1 atom stereocenters. The van der Waals surface area contributed by atoms with Gasteiger partial charge in [0, 0.05) is 10.4 Å². The van der Waals surface area contributed by atoms with Crippen molar-refractivity contribution in [2.24, 2.45) is 0 Å². The minimum Gasteiger partial charge on any atom is -0.484 e. The summed E-state index contributed by atoms with van der Waals surface area (Å²) in [4.78, 5) is 12.1. The molecule has 0 saturated carbocycles. The summed E-state index contributed by atoms with van der Waals surface area (Å²) in [7, 11) is 0. The molecule has 24 heavy (non-hydrogen) atoms. The van der Waals surface area contributed by atoms with Crippen molar-refractivity contribution >= 4 is 28.5 Å². The summed E-state index contributed by atoms with van der Waals surface area (Å²) in [6.07, 6.45) is 0. The quantitative estimate of drug-likeness (QED) is 0.733. The average molecular weight is 344 g/mol. The van der Waals surface area contributed by atoms with Gasteiger partial charge >= 0.3 is 0 Å². The van der Waals surface area contributed by atoms with E-state index >= 15 is 0 Å². The summed E-state index contributed by atoms with van der Waals surface area (Å²) in [5.41, 5.74) is 1.71. The van der Waals surface area contributed by atoms with Crippen LogP contribution in [0.4, 0.5) is 0 Å². The second-order valence-electron chi connectivity index (χ2n) is 5.68. The van der Waals surface area contributed by atoms with Crippen molar-refractivity contribution in [1.29, 1.82) is 0 Å². The average Bonchev–Trinajstić information content (AvgIpc) is 3.00. The van der Waals surface area contributed by atoms with Gasteiger partial charge in [0.15, 0.2) is 6.61 Å². The maximum absolute atomic E-state index is 12.1. The third-order valence-corrected chi connectivity index (χ3v) is 4.17. The van der Waals surface area contributed by atoms with Crippen LogP contribution in [0.1, 0.15) is 24.3 Å². The van der Waals surface area contributed by atoms with E-state index in [1.54, 1.807) is 18.2 Å². The highest BCUT2D eigenvalue weighted by molar-refractivity contribution is 6.31. The number of benzene rings is 2. The summed E-state index contributed by atoms with van der Waals surface area (Å²) in [6.45, 7) is 3.70. The van der Waals surface area contributed by atoms with Crippen molar-refractivity contribution in [3.8, 4) is 5.75 Å². The van der Waals surface area contributed by atoms with E-state index in [1.165, 1.54) is 0 Å². The van der Waals surface area contributed by atoms with Crippen LogP contribution in [0.5, 0.6) is 5.75 Å². The number of fused-ring (bicyclic) bond motifs is 1. The number of nitrogens with one attached hydrogen (secondary N) is 1. The molecule has 0 radical (unpaired) electrons. The lowest BCUT2D eigenvalue weighted by Crippen LogP contribution is -2.31. The largest absolute Gasteiger partial charge is 0.484 e. The van der Waals surface area contributed by atoms with Gasteiger partial charge in [-0.3, -0.25) is 4.79 Å². The topological polar surface area (TPSA) is 51.5 Å². The van der Waals surface area contributed by atoms with E-state index < -0.39 is 0 Å². The Bertz CT molecular complexity index is 839. The standard InChI is InChI=1S/C19H18ClNO3/c1-12-9-15(7-8-16(12)20)23-11-19(22)21-13(2)18-10-14-5-3-4-6-17(14)24-18/h3-10,13H,11H2,1-2H3,(H,21,22). The van der Waals surface area contributed by atoms with Crippen LogP contribution in [0.2, 0.25) is 5.02 Å². The third kappa shape index (κ3) is 3.71. The fraction of sp³-hybridized carbons (Fsp3) is 0.211. The number of ether oxygens (including phenoxy) is 1. The van der Waals surface area contributed by atoms with Gasteiger partial charge in [0.1, 0.15) is 17.1 Å². The highest BCUT2D eigenvalue weighted by Gasteiger charge is 2.14. The van der Waals surface area contributed by atoms with Gasteiger partial charge in [-0.1, -0.05) is 29.8 Å². The van der Waals surface area contributed by atoms with Crippen LogP contribution < -0.4 is 10.1 Å². The predicted molar refractivity (Wildman–Crippen MR) is 94.5 cm³/mol. The zero-order valence-corrected chi connectivity index (χ0v) is 14.3. The molecule has 1 aromatic heterocycles. The van der Waals surface area contributed by atoms with Crippen LogP contribution in [0, 0.1) is 6.92 Å². The van der Waals surface area contributed by atoms with Crippen LogP contribution in [0.25, 0.3) is 11.0 Å². The summed E-state index contributed by atoms with van der Waals surface area (Å²) < 4.78 is 11.3. The van der Waals surface area contributed by atoms with Crippen LogP contribution in [-0.2, 0) is 4.79 Å². The van der Waals surface area contributed by atoms with Gasteiger partial charge in [0.25, 0.3) is 5.91 Å². The molecular formula is C19H18ClNO3. The number of carbonyl (C=O) groups is 1. The fourth-order valence-corrected chi connectivity index (χ4v) is 2.54. The maximum Gasteiger partial charge on any atom is 0.258 e. The number of hydrogen-bond donors (Lipinski definition) is 1. The first-order valence-corrected chi connectivity index (χ1v) is 8.07. The number of carbonyl (C=O) groups excluding carboxylic acids is 1. The lowest BCUT2D eigenvalue weighted by atomic mass is 10.2. The molecule has 1 amide bonds. The van der Waals surface area contributed by atoms with Gasteiger partial charge in [-0.05, 0) is 49.7 Å². The summed E-state index contributed by atoms with van der Waals surface area (Å²) in [5, 5.41) is 4.56. The zero-order chi connectivity index (χ0) is 17.1. The lowest BCUT2D eigenvalue weighted by molar-refractivity contribution is -0.123. The molecule has 1 N–H and O–H groups in total. The molecule has 1 heterocycles. The molecule has 3 rings (SSSR count). The van der Waals surface area contributed by atoms with Gasteiger partial charge in [-0.2, -0.15) is 0 Å². The van der Waals surface area contributed by atoms with Gasteiger partial charge in [-0.25, -0.2) is 0 Å². The minimum atomic E-state index is -0.236. The Balaban J connectivity index is 1.58. The first-order valence-electron chi connectivity index (χ1n) is 7.70. The molecule has 2 aromatic carbocycles. The molecular weight excluding hydrogens is 326 g/mol. The molecule has 0 bridgehead atoms. The molecule has 0 saturated heterocycles. The molecule has 3 aromatic rings. The van der Waals surface area contributed by atoms with E-state index in [9.17, 15) is 4.79 Å². The van der Waals surface area contributed by atoms with Gasteiger partial charge in [-0.15, -0.1) is 0 Å². The van der Waals surface area contributed by atoms with E-state index in [0.29, 0.717) is 16.5 Å². The van der Waals surface area contributed by atoms with Gasteiger partial charge in [0.05, 0.1) is 6.04 Å². The van der Waals surface area contributed by atoms with Crippen LogP contribution in [0.15, 0.2) is 52.9 Å². The fourth-order valence-electron chi connectivity index (χ4n) is 2.43. The molecule has 5 heteroatoms. The highest BCUT2D eigenvalue weighted by Crippen LogP contribution is 2.24. The van der Waals surface area contributed by atoms with Crippen molar-refractivity contribution in [1.82, 2.24) is 5.32 Å². The van der Waals surface area contributed by atoms with Crippen molar-refractivity contribution < 1.29 is 13.9 Å². The molecule has 4 nitrogen and oxygen atoms in total. The summed E-state index contributed by atoms with van der Waals surface area (Å²) >= 11 is 5.97. The number of para-hydroxylation sites is 1. The minimum absolute atomic E-state index is 0.0638. The van der Waals surface area contributed by atoms with Crippen LogP contribution >= 0.6 is 11.6 Å². The highest BCUT2D eigenvalue weighted by atomic mass is 35.5. The number of furan rings is 1. The normalized spacial score (nSPS) is 12.1. The number of aryl methyl sites for hydroxylation is 1.